The molecule has 1 saturated heterocycles. The number of halogens is 2. The van der Waals surface area contributed by atoms with Gasteiger partial charge < -0.3 is 14.8 Å². The Morgan fingerprint density at radius 3 is 3.00 bits per heavy atom. The van der Waals surface area contributed by atoms with Gasteiger partial charge in [0.15, 0.2) is 0 Å². The van der Waals surface area contributed by atoms with Crippen LogP contribution >= 0.6 is 0 Å². The van der Waals surface area contributed by atoms with Crippen molar-refractivity contribution in [2.45, 2.75) is 25.0 Å². The number of amides is 1. The topological polar surface area (TPSA) is 47.6 Å². The molecular formula is C16H19F2NO3. The normalized spacial score (nSPS) is 29.8. The van der Waals surface area contributed by atoms with E-state index in [1.807, 2.05) is 0 Å². The molecule has 0 aromatic heterocycles. The zero-order valence-electron chi connectivity index (χ0n) is 12.4. The van der Waals surface area contributed by atoms with E-state index in [2.05, 4.69) is 5.32 Å². The molecule has 1 aliphatic heterocycles. The molecule has 4 atom stereocenters. The summed E-state index contributed by atoms with van der Waals surface area (Å²) >= 11 is 0. The summed E-state index contributed by atoms with van der Waals surface area (Å²) in [5, 5.41) is 2.95. The van der Waals surface area contributed by atoms with Crippen LogP contribution in [0.3, 0.4) is 0 Å². The van der Waals surface area contributed by atoms with Gasteiger partial charge in [0.05, 0.1) is 19.1 Å². The van der Waals surface area contributed by atoms with Crippen LogP contribution in [0.15, 0.2) is 18.2 Å². The highest BCUT2D eigenvalue weighted by Crippen LogP contribution is 2.43. The summed E-state index contributed by atoms with van der Waals surface area (Å²) in [5.74, 6) is -1.16. The summed E-state index contributed by atoms with van der Waals surface area (Å²) < 4.78 is 37.3. The van der Waals surface area contributed by atoms with Crippen molar-refractivity contribution in [2.24, 2.45) is 11.8 Å². The van der Waals surface area contributed by atoms with E-state index in [4.69, 9.17) is 9.47 Å². The van der Waals surface area contributed by atoms with Gasteiger partial charge in [-0.1, -0.05) is 6.07 Å². The average molecular weight is 311 g/mol. The van der Waals surface area contributed by atoms with Crippen molar-refractivity contribution in [2.75, 3.05) is 20.3 Å². The Morgan fingerprint density at radius 2 is 2.27 bits per heavy atom. The predicted molar refractivity (Wildman–Crippen MR) is 75.2 cm³/mol. The SMILES string of the molecule is COC[C@H]1[C@@H](NC(=O)Cc2ccc(F)cc2F)[C@@H]2CCO[C@@H]21. The van der Waals surface area contributed by atoms with Crippen molar-refractivity contribution in [1.29, 1.82) is 0 Å². The number of rotatable bonds is 5. The van der Waals surface area contributed by atoms with Crippen molar-refractivity contribution in [1.82, 2.24) is 5.32 Å². The van der Waals surface area contributed by atoms with Gasteiger partial charge >= 0.3 is 0 Å². The lowest BCUT2D eigenvalue weighted by Gasteiger charge is -2.47. The number of nitrogens with one attached hydrogen (secondary N) is 1. The van der Waals surface area contributed by atoms with Crippen LogP contribution in [0, 0.1) is 23.5 Å². The maximum absolute atomic E-state index is 13.6. The minimum atomic E-state index is -0.695. The van der Waals surface area contributed by atoms with E-state index in [1.54, 1.807) is 7.11 Å². The second kappa shape index (κ2) is 6.30. The zero-order chi connectivity index (χ0) is 15.7. The third-order valence-corrected chi connectivity index (χ3v) is 4.58. The van der Waals surface area contributed by atoms with Crippen molar-refractivity contribution in [3.63, 3.8) is 0 Å². The third-order valence-electron chi connectivity index (χ3n) is 4.58. The summed E-state index contributed by atoms with van der Waals surface area (Å²) in [4.78, 5) is 12.1. The fourth-order valence-electron chi connectivity index (χ4n) is 3.51. The molecule has 2 fully saturated rings. The van der Waals surface area contributed by atoms with Crippen LogP contribution in [0.25, 0.3) is 0 Å². The quantitative estimate of drug-likeness (QED) is 0.900. The number of ether oxygens (including phenoxy) is 2. The van der Waals surface area contributed by atoms with E-state index in [0.29, 0.717) is 19.1 Å². The van der Waals surface area contributed by atoms with E-state index in [0.717, 1.165) is 18.6 Å². The Kier molecular flexibility index (Phi) is 4.40. The molecule has 1 heterocycles. The second-order valence-electron chi connectivity index (χ2n) is 5.91. The van der Waals surface area contributed by atoms with E-state index in [9.17, 15) is 13.6 Å². The molecule has 0 bridgehead atoms. The molecule has 1 aliphatic carbocycles. The third kappa shape index (κ3) is 2.85. The minimum Gasteiger partial charge on any atom is -0.384 e. The maximum Gasteiger partial charge on any atom is 0.224 e. The fraction of sp³-hybridized carbons (Fsp3) is 0.562. The van der Waals surface area contributed by atoms with Crippen LogP contribution in [0.4, 0.5) is 8.78 Å². The molecule has 1 saturated carbocycles. The van der Waals surface area contributed by atoms with Gasteiger partial charge in [0.2, 0.25) is 5.91 Å². The van der Waals surface area contributed by atoms with Crippen molar-refractivity contribution >= 4 is 5.91 Å². The largest absolute Gasteiger partial charge is 0.384 e. The van der Waals surface area contributed by atoms with Gasteiger partial charge in [-0.2, -0.15) is 0 Å². The number of carbonyl (C=O) groups is 1. The summed E-state index contributed by atoms with van der Waals surface area (Å²) in [6, 6.07) is 3.26. The van der Waals surface area contributed by atoms with Crippen LogP contribution < -0.4 is 5.32 Å². The first-order valence-electron chi connectivity index (χ1n) is 7.44. The first kappa shape index (κ1) is 15.4. The molecule has 0 unspecified atom stereocenters. The van der Waals surface area contributed by atoms with Gasteiger partial charge in [-0.3, -0.25) is 4.79 Å². The number of carbonyl (C=O) groups excluding carboxylic acids is 1. The van der Waals surface area contributed by atoms with Gasteiger partial charge in [0.1, 0.15) is 11.6 Å². The molecule has 1 amide bonds. The lowest BCUT2D eigenvalue weighted by molar-refractivity contribution is -0.129. The highest BCUT2D eigenvalue weighted by Gasteiger charge is 2.54. The molecular weight excluding hydrogens is 292 g/mol. The Balaban J connectivity index is 1.61. The van der Waals surface area contributed by atoms with E-state index in [-0.39, 0.29) is 36.0 Å². The molecule has 0 radical (unpaired) electrons. The van der Waals surface area contributed by atoms with Gasteiger partial charge in [-0.05, 0) is 18.1 Å². The lowest BCUT2D eigenvalue weighted by Crippen LogP contribution is -2.63. The molecule has 0 spiro atoms. The first-order chi connectivity index (χ1) is 10.6. The van der Waals surface area contributed by atoms with Crippen LogP contribution in [-0.2, 0) is 20.7 Å². The molecule has 1 N–H and O–H groups in total. The molecule has 4 nitrogen and oxygen atoms in total. The Morgan fingerprint density at radius 1 is 1.45 bits per heavy atom. The minimum absolute atomic E-state index is 0.00320. The van der Waals surface area contributed by atoms with E-state index < -0.39 is 11.6 Å². The van der Waals surface area contributed by atoms with Gasteiger partial charge in [-0.15, -0.1) is 0 Å². The standard InChI is InChI=1S/C16H19F2NO3/c1-21-8-12-15(11-4-5-22-16(11)12)19-14(20)6-9-2-3-10(17)7-13(9)18/h2-3,7,11-12,15-16H,4-6,8H2,1H3,(H,19,20)/t11-,12-,15-,16-/m0/s1. The lowest BCUT2D eigenvalue weighted by atomic mass is 9.67. The second-order valence-corrected chi connectivity index (χ2v) is 5.91. The maximum atomic E-state index is 13.6. The van der Waals surface area contributed by atoms with Crippen molar-refractivity contribution in [3.8, 4) is 0 Å². The Labute approximate surface area is 127 Å². The van der Waals surface area contributed by atoms with Crippen molar-refractivity contribution < 1.29 is 23.0 Å². The smallest absolute Gasteiger partial charge is 0.224 e. The number of benzene rings is 1. The summed E-state index contributed by atoms with van der Waals surface area (Å²) in [7, 11) is 1.62. The molecule has 6 heteroatoms. The highest BCUT2D eigenvalue weighted by atomic mass is 19.1. The van der Waals surface area contributed by atoms with E-state index >= 15 is 0 Å². The molecule has 22 heavy (non-hydrogen) atoms. The molecule has 1 aromatic rings. The van der Waals surface area contributed by atoms with Crippen LogP contribution in [0.2, 0.25) is 0 Å². The highest BCUT2D eigenvalue weighted by molar-refractivity contribution is 5.79. The van der Waals surface area contributed by atoms with Gasteiger partial charge in [-0.25, -0.2) is 8.78 Å². The van der Waals surface area contributed by atoms with E-state index in [1.165, 1.54) is 6.07 Å². The molecule has 3 rings (SSSR count). The number of hydrogen-bond donors (Lipinski definition) is 1. The number of hydrogen-bond acceptors (Lipinski definition) is 3. The summed E-state index contributed by atoms with van der Waals surface area (Å²) in [5.41, 5.74) is 0.195. The first-order valence-corrected chi connectivity index (χ1v) is 7.44. The fourth-order valence-corrected chi connectivity index (χ4v) is 3.51. The number of fused-ring (bicyclic) bond motifs is 1. The molecule has 120 valence electrons. The van der Waals surface area contributed by atoms with Crippen LogP contribution in [0.5, 0.6) is 0 Å². The monoisotopic (exact) mass is 311 g/mol. The predicted octanol–water partition coefficient (Wildman–Crippen LogP) is 1.67. The van der Waals surface area contributed by atoms with Crippen molar-refractivity contribution in [3.05, 3.63) is 35.4 Å². The number of methoxy groups -OCH3 is 1. The molecule has 2 aliphatic rings. The van der Waals surface area contributed by atoms with Gasteiger partial charge in [0.25, 0.3) is 0 Å². The Hall–Kier alpha value is -1.53. The molecule has 1 aromatic carbocycles. The summed E-state index contributed by atoms with van der Waals surface area (Å²) in [6.45, 7) is 1.23. The average Bonchev–Trinajstić information content (AvgIpc) is 2.90. The van der Waals surface area contributed by atoms with Crippen LogP contribution in [0.1, 0.15) is 12.0 Å². The Bertz CT molecular complexity index is 566. The zero-order valence-corrected chi connectivity index (χ0v) is 12.4. The van der Waals surface area contributed by atoms with Gasteiger partial charge in [0, 0.05) is 37.7 Å². The summed E-state index contributed by atoms with van der Waals surface area (Å²) in [6.07, 6.45) is 0.967. The van der Waals surface area contributed by atoms with Crippen LogP contribution in [-0.4, -0.2) is 38.4 Å².